The minimum absolute atomic E-state index is 0.00525. The lowest BCUT2D eigenvalue weighted by Gasteiger charge is -2.19. The summed E-state index contributed by atoms with van der Waals surface area (Å²) in [5.41, 5.74) is 6.19. The molecule has 0 unspecified atom stereocenters. The van der Waals surface area contributed by atoms with Gasteiger partial charge in [0.25, 0.3) is 5.91 Å². The van der Waals surface area contributed by atoms with Crippen molar-refractivity contribution in [2.45, 2.75) is 37.5 Å². The summed E-state index contributed by atoms with van der Waals surface area (Å²) >= 11 is 1.03. The molecule has 3 amide bonds. The molecule has 3 N–H and O–H groups in total. The Morgan fingerprint density at radius 1 is 0.933 bits per heavy atom. The van der Waals surface area contributed by atoms with Crippen molar-refractivity contribution in [2.75, 3.05) is 12.3 Å². The van der Waals surface area contributed by atoms with Gasteiger partial charge in [0.05, 0.1) is 5.75 Å². The predicted octanol–water partition coefficient (Wildman–Crippen LogP) is 3.18. The van der Waals surface area contributed by atoms with Gasteiger partial charge >= 0.3 is 0 Å². The van der Waals surface area contributed by atoms with Crippen LogP contribution < -0.4 is 16.2 Å². The van der Waals surface area contributed by atoms with Gasteiger partial charge in [0.15, 0.2) is 0 Å². The maximum absolute atomic E-state index is 13.5. The summed E-state index contributed by atoms with van der Waals surface area (Å²) in [7, 11) is 0. The maximum atomic E-state index is 13.5. The van der Waals surface area contributed by atoms with E-state index in [9.17, 15) is 18.8 Å². The third-order valence-electron chi connectivity index (χ3n) is 4.19. The highest BCUT2D eigenvalue weighted by Crippen LogP contribution is 2.22. The fourth-order valence-electron chi connectivity index (χ4n) is 2.46. The lowest BCUT2D eigenvalue weighted by atomic mass is 9.87. The molecular formula is C22H26FN3O3S. The van der Waals surface area contributed by atoms with Gasteiger partial charge in [-0.3, -0.25) is 25.2 Å². The fraction of sp³-hybridized carbons (Fsp3) is 0.318. The van der Waals surface area contributed by atoms with E-state index in [0.717, 1.165) is 17.3 Å². The normalized spacial score (nSPS) is 10.9. The van der Waals surface area contributed by atoms with Crippen LogP contribution in [-0.4, -0.2) is 30.0 Å². The minimum atomic E-state index is -0.459. The molecule has 0 aliphatic rings. The molecule has 2 aromatic carbocycles. The van der Waals surface area contributed by atoms with Crippen molar-refractivity contribution in [1.82, 2.24) is 16.2 Å². The average Bonchev–Trinajstić information content (AvgIpc) is 2.71. The molecule has 0 bridgehead atoms. The van der Waals surface area contributed by atoms with Gasteiger partial charge in [-0.1, -0.05) is 45.0 Å². The zero-order chi connectivity index (χ0) is 22.1. The Morgan fingerprint density at radius 2 is 1.57 bits per heavy atom. The second-order valence-electron chi connectivity index (χ2n) is 7.65. The monoisotopic (exact) mass is 431 g/mol. The molecule has 2 aromatic rings. The maximum Gasteiger partial charge on any atom is 0.251 e. The molecule has 0 radical (unpaired) electrons. The van der Waals surface area contributed by atoms with Gasteiger partial charge < -0.3 is 5.32 Å². The van der Waals surface area contributed by atoms with Crippen LogP contribution in [-0.2, 0) is 15.0 Å². The highest BCUT2D eigenvalue weighted by atomic mass is 32.2. The SMILES string of the molecule is CC(C)(C)c1ccc(C(=O)NCCC(=O)NNC(=O)CSc2ccccc2F)cc1. The van der Waals surface area contributed by atoms with Gasteiger partial charge in [0.2, 0.25) is 11.8 Å². The van der Waals surface area contributed by atoms with Crippen molar-refractivity contribution in [3.63, 3.8) is 0 Å². The van der Waals surface area contributed by atoms with Crippen LogP contribution in [0.2, 0.25) is 0 Å². The molecule has 0 aliphatic heterocycles. The molecule has 0 saturated carbocycles. The van der Waals surface area contributed by atoms with Gasteiger partial charge in [-0.05, 0) is 35.2 Å². The van der Waals surface area contributed by atoms with E-state index in [1.54, 1.807) is 30.3 Å². The highest BCUT2D eigenvalue weighted by Gasteiger charge is 2.14. The van der Waals surface area contributed by atoms with E-state index in [4.69, 9.17) is 0 Å². The first-order valence-corrected chi connectivity index (χ1v) is 10.5. The van der Waals surface area contributed by atoms with Gasteiger partial charge in [0.1, 0.15) is 5.82 Å². The molecule has 2 rings (SSSR count). The Morgan fingerprint density at radius 3 is 2.20 bits per heavy atom. The summed E-state index contributed by atoms with van der Waals surface area (Å²) in [6.45, 7) is 6.42. The van der Waals surface area contributed by atoms with E-state index < -0.39 is 17.6 Å². The van der Waals surface area contributed by atoms with Crippen molar-refractivity contribution in [3.8, 4) is 0 Å². The van der Waals surface area contributed by atoms with Crippen molar-refractivity contribution >= 4 is 29.5 Å². The smallest absolute Gasteiger partial charge is 0.251 e. The largest absolute Gasteiger partial charge is 0.352 e. The first-order valence-electron chi connectivity index (χ1n) is 9.50. The fourth-order valence-corrected chi connectivity index (χ4v) is 3.20. The van der Waals surface area contributed by atoms with Crippen LogP contribution >= 0.6 is 11.8 Å². The molecule has 0 atom stereocenters. The Labute approximate surface area is 180 Å². The van der Waals surface area contributed by atoms with E-state index in [0.29, 0.717) is 10.5 Å². The van der Waals surface area contributed by atoms with Crippen LogP contribution in [0.5, 0.6) is 0 Å². The summed E-state index contributed by atoms with van der Waals surface area (Å²) in [6.07, 6.45) is 0.00650. The number of amides is 3. The molecule has 0 fully saturated rings. The van der Waals surface area contributed by atoms with Crippen LogP contribution in [0, 0.1) is 5.82 Å². The van der Waals surface area contributed by atoms with Gasteiger partial charge in [0, 0.05) is 23.4 Å². The number of carbonyl (C=O) groups excluding carboxylic acids is 3. The third kappa shape index (κ3) is 7.51. The summed E-state index contributed by atoms with van der Waals surface area (Å²) in [4.78, 5) is 36.1. The average molecular weight is 432 g/mol. The minimum Gasteiger partial charge on any atom is -0.352 e. The van der Waals surface area contributed by atoms with E-state index in [2.05, 4.69) is 36.9 Å². The number of carbonyl (C=O) groups is 3. The summed E-state index contributed by atoms with van der Waals surface area (Å²) in [5.74, 6) is -1.61. The number of hydrazine groups is 1. The first-order chi connectivity index (χ1) is 14.2. The number of nitrogens with one attached hydrogen (secondary N) is 3. The van der Waals surface area contributed by atoms with Crippen LogP contribution in [0.25, 0.3) is 0 Å². The quantitative estimate of drug-likeness (QED) is 0.464. The number of rotatable bonds is 7. The zero-order valence-corrected chi connectivity index (χ0v) is 18.1. The standard InChI is InChI=1S/C22H26FN3O3S/c1-22(2,3)16-10-8-15(9-11-16)21(29)24-13-12-19(27)25-26-20(28)14-30-18-7-5-4-6-17(18)23/h4-11H,12-14H2,1-3H3,(H,24,29)(H,25,27)(H,26,28). The molecule has 160 valence electrons. The van der Waals surface area contributed by atoms with Crippen LogP contribution in [0.3, 0.4) is 0 Å². The number of hydrogen-bond acceptors (Lipinski definition) is 4. The Kier molecular flexibility index (Phi) is 8.41. The lowest BCUT2D eigenvalue weighted by molar-refractivity contribution is -0.127. The first kappa shape index (κ1) is 23.4. The molecule has 0 heterocycles. The molecule has 0 saturated heterocycles. The molecular weight excluding hydrogens is 405 g/mol. The van der Waals surface area contributed by atoms with E-state index in [1.165, 1.54) is 6.07 Å². The highest BCUT2D eigenvalue weighted by molar-refractivity contribution is 8.00. The number of hydrogen-bond donors (Lipinski definition) is 3. The van der Waals surface area contributed by atoms with Gasteiger partial charge in [-0.25, -0.2) is 4.39 Å². The molecule has 0 aliphatic carbocycles. The lowest BCUT2D eigenvalue weighted by Crippen LogP contribution is -2.43. The summed E-state index contributed by atoms with van der Waals surface area (Å²) in [5, 5.41) is 2.67. The Bertz CT molecular complexity index is 895. The van der Waals surface area contributed by atoms with E-state index in [-0.39, 0.29) is 30.0 Å². The van der Waals surface area contributed by atoms with E-state index >= 15 is 0 Å². The number of benzene rings is 2. The van der Waals surface area contributed by atoms with Crippen molar-refractivity contribution in [3.05, 3.63) is 65.5 Å². The van der Waals surface area contributed by atoms with E-state index in [1.807, 2.05) is 12.1 Å². The number of halogens is 1. The van der Waals surface area contributed by atoms with Crippen LogP contribution in [0.4, 0.5) is 4.39 Å². The van der Waals surface area contributed by atoms with Gasteiger partial charge in [-0.15, -0.1) is 11.8 Å². The Balaban J connectivity index is 1.66. The molecule has 6 nitrogen and oxygen atoms in total. The topological polar surface area (TPSA) is 87.3 Å². The van der Waals surface area contributed by atoms with Crippen molar-refractivity contribution < 1.29 is 18.8 Å². The summed E-state index contributed by atoms with van der Waals surface area (Å²) in [6, 6.07) is 13.5. The molecule has 0 aromatic heterocycles. The second kappa shape index (κ2) is 10.8. The van der Waals surface area contributed by atoms with Crippen molar-refractivity contribution in [2.24, 2.45) is 0 Å². The third-order valence-corrected chi connectivity index (χ3v) is 5.24. The zero-order valence-electron chi connectivity index (χ0n) is 17.3. The van der Waals surface area contributed by atoms with Crippen LogP contribution in [0.1, 0.15) is 43.1 Å². The van der Waals surface area contributed by atoms with Gasteiger partial charge in [-0.2, -0.15) is 0 Å². The number of thioether (sulfide) groups is 1. The second-order valence-corrected chi connectivity index (χ2v) is 8.67. The van der Waals surface area contributed by atoms with Crippen LogP contribution in [0.15, 0.2) is 53.4 Å². The molecule has 0 spiro atoms. The van der Waals surface area contributed by atoms with Crippen molar-refractivity contribution in [1.29, 1.82) is 0 Å². The predicted molar refractivity (Wildman–Crippen MR) is 116 cm³/mol. The Hall–Kier alpha value is -2.87. The molecule has 8 heteroatoms. The summed E-state index contributed by atoms with van der Waals surface area (Å²) < 4.78 is 13.5. The molecule has 30 heavy (non-hydrogen) atoms.